The molecular weight excluding hydrogens is 286 g/mol. The monoisotopic (exact) mass is 306 g/mol. The summed E-state index contributed by atoms with van der Waals surface area (Å²) in [6, 6.07) is 0. The van der Waals surface area contributed by atoms with Gasteiger partial charge in [0.1, 0.15) is 6.61 Å². The van der Waals surface area contributed by atoms with Crippen LogP contribution in [0.1, 0.15) is 32.5 Å². The summed E-state index contributed by atoms with van der Waals surface area (Å²) >= 11 is 0. The number of ether oxygens (including phenoxy) is 1. The molecule has 0 bridgehead atoms. The second-order valence-electron chi connectivity index (χ2n) is 5.37. The van der Waals surface area contributed by atoms with Crippen LogP contribution in [0.3, 0.4) is 0 Å². The molecule has 1 N–H and O–H groups in total. The maximum Gasteiger partial charge on any atom is 0.310 e. The number of halogens is 2. The van der Waals surface area contributed by atoms with Crippen LogP contribution in [0.15, 0.2) is 4.52 Å². The van der Waals surface area contributed by atoms with Gasteiger partial charge in [0, 0.05) is 12.8 Å². The number of hydrogen-bond acceptors (Lipinski definition) is 5. The Morgan fingerprint density at radius 2 is 2.14 bits per heavy atom. The van der Waals surface area contributed by atoms with Crippen molar-refractivity contribution >= 4 is 5.97 Å². The molecule has 0 aliphatic rings. The number of hydrogen-bond donors (Lipinski definition) is 1. The van der Waals surface area contributed by atoms with Crippen LogP contribution in [0.5, 0.6) is 0 Å². The molecule has 0 saturated heterocycles. The number of rotatable bonds is 9. The van der Waals surface area contributed by atoms with E-state index in [9.17, 15) is 18.7 Å². The Morgan fingerprint density at radius 3 is 2.67 bits per heavy atom. The zero-order valence-electron chi connectivity index (χ0n) is 12.3. The van der Waals surface area contributed by atoms with Gasteiger partial charge in [-0.05, 0) is 12.8 Å². The van der Waals surface area contributed by atoms with E-state index in [1.54, 1.807) is 6.92 Å². The van der Waals surface area contributed by atoms with Gasteiger partial charge in [-0.15, -0.1) is 0 Å². The smallest absolute Gasteiger partial charge is 0.310 e. The van der Waals surface area contributed by atoms with Crippen molar-refractivity contribution in [2.24, 2.45) is 11.3 Å². The molecule has 1 aromatic rings. The fourth-order valence-corrected chi connectivity index (χ4v) is 1.64. The highest BCUT2D eigenvalue weighted by atomic mass is 19.3. The van der Waals surface area contributed by atoms with Crippen LogP contribution >= 0.6 is 0 Å². The SMILES string of the molecule is CC(C)C(C)(Cc1nc(CCOCC(F)F)no1)C(=O)O. The van der Waals surface area contributed by atoms with E-state index >= 15 is 0 Å². The van der Waals surface area contributed by atoms with Crippen molar-refractivity contribution in [3.05, 3.63) is 11.7 Å². The molecule has 1 unspecified atom stereocenters. The number of carboxylic acids is 1. The van der Waals surface area contributed by atoms with Gasteiger partial charge < -0.3 is 14.4 Å². The number of aliphatic carboxylic acids is 1. The van der Waals surface area contributed by atoms with E-state index in [4.69, 9.17) is 9.26 Å². The second-order valence-corrected chi connectivity index (χ2v) is 5.37. The first-order chi connectivity index (χ1) is 9.75. The molecule has 6 nitrogen and oxygen atoms in total. The summed E-state index contributed by atoms with van der Waals surface area (Å²) in [5, 5.41) is 13.0. The van der Waals surface area contributed by atoms with Crippen LogP contribution in [-0.2, 0) is 22.4 Å². The molecule has 0 amide bonds. The maximum absolute atomic E-state index is 11.9. The summed E-state index contributed by atoms with van der Waals surface area (Å²) in [6.07, 6.45) is -2.15. The van der Waals surface area contributed by atoms with E-state index in [2.05, 4.69) is 10.1 Å². The van der Waals surface area contributed by atoms with Crippen molar-refractivity contribution in [1.82, 2.24) is 10.1 Å². The van der Waals surface area contributed by atoms with Gasteiger partial charge in [0.2, 0.25) is 5.89 Å². The molecule has 0 aliphatic carbocycles. The first-order valence-corrected chi connectivity index (χ1v) is 6.66. The van der Waals surface area contributed by atoms with Crippen LogP contribution in [-0.4, -0.2) is 40.9 Å². The lowest BCUT2D eigenvalue weighted by molar-refractivity contribution is -0.150. The molecule has 120 valence electrons. The molecule has 0 spiro atoms. The number of carbonyl (C=O) groups is 1. The van der Waals surface area contributed by atoms with Crippen LogP contribution in [0.2, 0.25) is 0 Å². The molecule has 8 heteroatoms. The summed E-state index contributed by atoms with van der Waals surface area (Å²) in [6.45, 7) is 4.67. The lowest BCUT2D eigenvalue weighted by Gasteiger charge is -2.27. The minimum absolute atomic E-state index is 0.0592. The van der Waals surface area contributed by atoms with E-state index in [1.165, 1.54) is 0 Å². The molecule has 21 heavy (non-hydrogen) atoms. The van der Waals surface area contributed by atoms with Crippen molar-refractivity contribution in [2.75, 3.05) is 13.2 Å². The standard InChI is InChI=1S/C13H20F2N2O4/c1-8(2)13(3,12(18)19)6-11-16-10(17-21-11)4-5-20-7-9(14)15/h8-9H,4-7H2,1-3H3,(H,18,19). The first kappa shape index (κ1) is 17.5. The van der Waals surface area contributed by atoms with Gasteiger partial charge in [-0.25, -0.2) is 8.78 Å². The van der Waals surface area contributed by atoms with Gasteiger partial charge in [-0.1, -0.05) is 19.0 Å². The van der Waals surface area contributed by atoms with Crippen molar-refractivity contribution in [2.45, 2.75) is 40.0 Å². The lowest BCUT2D eigenvalue weighted by Crippen LogP contribution is -2.35. The van der Waals surface area contributed by atoms with Crippen LogP contribution in [0.25, 0.3) is 0 Å². The number of nitrogens with zero attached hydrogens (tertiary/aromatic N) is 2. The zero-order valence-corrected chi connectivity index (χ0v) is 12.3. The molecule has 1 atom stereocenters. The predicted molar refractivity (Wildman–Crippen MR) is 69.1 cm³/mol. The Kier molecular flexibility index (Phi) is 6.19. The quantitative estimate of drug-likeness (QED) is 0.704. The topological polar surface area (TPSA) is 85.5 Å². The average Bonchev–Trinajstić information content (AvgIpc) is 2.81. The molecule has 0 fully saturated rings. The molecule has 0 radical (unpaired) electrons. The van der Waals surface area contributed by atoms with E-state index in [1.807, 2.05) is 13.8 Å². The molecule has 0 aromatic carbocycles. The summed E-state index contributed by atoms with van der Waals surface area (Å²) in [4.78, 5) is 15.4. The highest BCUT2D eigenvalue weighted by Gasteiger charge is 2.38. The first-order valence-electron chi connectivity index (χ1n) is 6.66. The van der Waals surface area contributed by atoms with E-state index in [-0.39, 0.29) is 31.3 Å². The minimum Gasteiger partial charge on any atom is -0.481 e. The van der Waals surface area contributed by atoms with E-state index in [0.29, 0.717) is 5.82 Å². The van der Waals surface area contributed by atoms with Crippen LogP contribution in [0, 0.1) is 11.3 Å². The number of carboxylic acid groups (broad SMARTS) is 1. The van der Waals surface area contributed by atoms with E-state index in [0.717, 1.165) is 0 Å². The largest absolute Gasteiger partial charge is 0.481 e. The molecule has 1 rings (SSSR count). The Balaban J connectivity index is 2.57. The van der Waals surface area contributed by atoms with Crippen molar-refractivity contribution < 1.29 is 27.9 Å². The molecule has 1 aromatic heterocycles. The molecular formula is C13H20F2N2O4. The zero-order chi connectivity index (χ0) is 16.0. The fraction of sp³-hybridized carbons (Fsp3) is 0.769. The van der Waals surface area contributed by atoms with Gasteiger partial charge in [0.25, 0.3) is 6.43 Å². The maximum atomic E-state index is 11.9. The molecule has 1 heterocycles. The van der Waals surface area contributed by atoms with E-state index < -0.39 is 24.4 Å². The van der Waals surface area contributed by atoms with Gasteiger partial charge in [0.05, 0.1) is 12.0 Å². The summed E-state index contributed by atoms with van der Waals surface area (Å²) in [5.41, 5.74) is -1.00. The van der Waals surface area contributed by atoms with Gasteiger partial charge in [-0.2, -0.15) is 4.98 Å². The Hall–Kier alpha value is -1.57. The highest BCUT2D eigenvalue weighted by molar-refractivity contribution is 5.74. The number of alkyl halides is 2. The Labute approximate surface area is 121 Å². The summed E-state index contributed by atoms with van der Waals surface area (Å²) in [7, 11) is 0. The lowest BCUT2D eigenvalue weighted by atomic mass is 9.76. The average molecular weight is 306 g/mol. The summed E-state index contributed by atoms with van der Waals surface area (Å²) in [5.74, 6) is -0.509. The third-order valence-corrected chi connectivity index (χ3v) is 3.51. The van der Waals surface area contributed by atoms with Crippen LogP contribution < -0.4 is 0 Å². The molecule has 0 saturated carbocycles. The van der Waals surface area contributed by atoms with Gasteiger partial charge >= 0.3 is 5.97 Å². The summed E-state index contributed by atoms with van der Waals surface area (Å²) < 4.78 is 33.5. The third-order valence-electron chi connectivity index (χ3n) is 3.51. The minimum atomic E-state index is -2.51. The Morgan fingerprint density at radius 1 is 1.48 bits per heavy atom. The van der Waals surface area contributed by atoms with Crippen molar-refractivity contribution in [1.29, 1.82) is 0 Å². The molecule has 0 aliphatic heterocycles. The number of aromatic nitrogens is 2. The van der Waals surface area contributed by atoms with Gasteiger partial charge in [0.15, 0.2) is 5.82 Å². The normalized spacial score (nSPS) is 14.6. The predicted octanol–water partition coefficient (Wildman–Crippen LogP) is 2.18. The van der Waals surface area contributed by atoms with Crippen LogP contribution in [0.4, 0.5) is 8.78 Å². The van der Waals surface area contributed by atoms with Crippen molar-refractivity contribution in [3.63, 3.8) is 0 Å². The second kappa shape index (κ2) is 7.44. The third kappa shape index (κ3) is 5.04. The van der Waals surface area contributed by atoms with Crippen molar-refractivity contribution in [3.8, 4) is 0 Å². The fourth-order valence-electron chi connectivity index (χ4n) is 1.64. The van der Waals surface area contributed by atoms with Gasteiger partial charge in [-0.3, -0.25) is 4.79 Å². The highest BCUT2D eigenvalue weighted by Crippen LogP contribution is 2.31. The Bertz CT molecular complexity index is 465.